The highest BCUT2D eigenvalue weighted by molar-refractivity contribution is 4.95. The SMILES string of the molecule is CC1C=CN(C(O)OCCN(C)C)C1. The summed E-state index contributed by atoms with van der Waals surface area (Å²) in [5.41, 5.74) is 0. The maximum absolute atomic E-state index is 9.61. The van der Waals surface area contributed by atoms with E-state index in [1.165, 1.54) is 0 Å². The molecule has 0 saturated heterocycles. The van der Waals surface area contributed by atoms with Crippen LogP contribution in [0.2, 0.25) is 0 Å². The van der Waals surface area contributed by atoms with Crippen LogP contribution in [0.3, 0.4) is 0 Å². The minimum atomic E-state index is -0.795. The molecule has 2 atom stereocenters. The zero-order chi connectivity index (χ0) is 10.6. The van der Waals surface area contributed by atoms with Gasteiger partial charge in [-0.25, -0.2) is 0 Å². The standard InChI is InChI=1S/C10H20N2O2/c1-9-4-5-12(8-9)10(13)14-7-6-11(2)3/h4-5,9-10,13H,6-8H2,1-3H3. The maximum atomic E-state index is 9.61. The molecule has 0 spiro atoms. The Morgan fingerprint density at radius 2 is 2.36 bits per heavy atom. The fourth-order valence-corrected chi connectivity index (χ4v) is 1.31. The number of likely N-dealkylation sites (N-methyl/N-ethyl adjacent to an activating group) is 1. The van der Waals surface area contributed by atoms with Crippen molar-refractivity contribution in [1.29, 1.82) is 0 Å². The van der Waals surface area contributed by atoms with E-state index < -0.39 is 6.41 Å². The molecule has 14 heavy (non-hydrogen) atoms. The Morgan fingerprint density at radius 3 is 2.86 bits per heavy atom. The van der Waals surface area contributed by atoms with Crippen LogP contribution in [-0.2, 0) is 4.74 Å². The first-order valence-electron chi connectivity index (χ1n) is 4.98. The minimum absolute atomic E-state index is 0.502. The fraction of sp³-hybridized carbons (Fsp3) is 0.800. The van der Waals surface area contributed by atoms with Crippen molar-refractivity contribution in [2.45, 2.75) is 13.3 Å². The summed E-state index contributed by atoms with van der Waals surface area (Å²) in [4.78, 5) is 3.83. The van der Waals surface area contributed by atoms with E-state index in [-0.39, 0.29) is 0 Å². The second kappa shape index (κ2) is 5.34. The smallest absolute Gasteiger partial charge is 0.237 e. The Hall–Kier alpha value is -0.580. The molecule has 0 aromatic heterocycles. The van der Waals surface area contributed by atoms with E-state index in [0.29, 0.717) is 12.5 Å². The first-order chi connectivity index (χ1) is 6.59. The summed E-state index contributed by atoms with van der Waals surface area (Å²) in [5, 5.41) is 9.61. The molecule has 4 heteroatoms. The van der Waals surface area contributed by atoms with Gasteiger partial charge in [-0.3, -0.25) is 0 Å². The Balaban J connectivity index is 2.16. The maximum Gasteiger partial charge on any atom is 0.237 e. The number of hydrogen-bond donors (Lipinski definition) is 1. The van der Waals surface area contributed by atoms with Gasteiger partial charge in [0.1, 0.15) is 0 Å². The van der Waals surface area contributed by atoms with E-state index in [1.807, 2.05) is 25.2 Å². The molecule has 1 aliphatic rings. The Kier molecular flexibility index (Phi) is 4.38. The highest BCUT2D eigenvalue weighted by Crippen LogP contribution is 2.13. The number of hydrogen-bond acceptors (Lipinski definition) is 4. The molecule has 0 radical (unpaired) electrons. The normalized spacial score (nSPS) is 23.5. The van der Waals surface area contributed by atoms with E-state index in [0.717, 1.165) is 13.1 Å². The lowest BCUT2D eigenvalue weighted by Crippen LogP contribution is -2.34. The molecular weight excluding hydrogens is 180 g/mol. The van der Waals surface area contributed by atoms with Crippen molar-refractivity contribution in [2.75, 3.05) is 33.8 Å². The van der Waals surface area contributed by atoms with Crippen LogP contribution in [0.25, 0.3) is 0 Å². The number of nitrogens with zero attached hydrogens (tertiary/aromatic N) is 2. The van der Waals surface area contributed by atoms with Gasteiger partial charge in [-0.1, -0.05) is 13.0 Å². The second-order valence-corrected chi connectivity index (χ2v) is 4.02. The molecule has 0 saturated carbocycles. The van der Waals surface area contributed by atoms with Gasteiger partial charge in [0.2, 0.25) is 6.41 Å². The molecule has 0 amide bonds. The lowest BCUT2D eigenvalue weighted by molar-refractivity contribution is -0.176. The van der Waals surface area contributed by atoms with Crippen LogP contribution in [0.4, 0.5) is 0 Å². The summed E-state index contributed by atoms with van der Waals surface area (Å²) in [6.07, 6.45) is 3.17. The fourth-order valence-electron chi connectivity index (χ4n) is 1.31. The summed E-state index contributed by atoms with van der Waals surface area (Å²) in [6, 6.07) is 0. The molecule has 1 N–H and O–H groups in total. The minimum Gasteiger partial charge on any atom is -0.351 e. The third-order valence-electron chi connectivity index (χ3n) is 2.19. The molecule has 1 rings (SSSR count). The predicted octanol–water partition coefficient (Wildman–Crippen LogP) is 0.306. The Morgan fingerprint density at radius 1 is 1.64 bits per heavy atom. The monoisotopic (exact) mass is 200 g/mol. The molecule has 82 valence electrons. The summed E-state index contributed by atoms with van der Waals surface area (Å²) >= 11 is 0. The second-order valence-electron chi connectivity index (χ2n) is 4.02. The summed E-state index contributed by atoms with van der Waals surface area (Å²) in [5.74, 6) is 0.502. The van der Waals surface area contributed by atoms with Gasteiger partial charge in [0.25, 0.3) is 0 Å². The van der Waals surface area contributed by atoms with Crippen molar-refractivity contribution in [2.24, 2.45) is 5.92 Å². The molecule has 0 aromatic carbocycles. The molecule has 4 nitrogen and oxygen atoms in total. The Bertz CT molecular complexity index is 195. The zero-order valence-corrected chi connectivity index (χ0v) is 9.18. The van der Waals surface area contributed by atoms with E-state index >= 15 is 0 Å². The van der Waals surface area contributed by atoms with Crippen molar-refractivity contribution in [3.05, 3.63) is 12.3 Å². The zero-order valence-electron chi connectivity index (χ0n) is 9.18. The first-order valence-corrected chi connectivity index (χ1v) is 4.98. The van der Waals surface area contributed by atoms with Crippen molar-refractivity contribution in [3.63, 3.8) is 0 Å². The summed E-state index contributed by atoms with van der Waals surface area (Å²) in [7, 11) is 3.96. The number of rotatable bonds is 5. The topological polar surface area (TPSA) is 35.9 Å². The molecule has 0 bridgehead atoms. The lowest BCUT2D eigenvalue weighted by Gasteiger charge is -2.24. The molecule has 0 aromatic rings. The van der Waals surface area contributed by atoms with Crippen molar-refractivity contribution >= 4 is 0 Å². The van der Waals surface area contributed by atoms with Crippen molar-refractivity contribution in [1.82, 2.24) is 9.80 Å². The van der Waals surface area contributed by atoms with Crippen LogP contribution < -0.4 is 0 Å². The summed E-state index contributed by atoms with van der Waals surface area (Å²) in [6.45, 7) is 4.32. The van der Waals surface area contributed by atoms with E-state index in [9.17, 15) is 5.11 Å². The van der Waals surface area contributed by atoms with Gasteiger partial charge in [0.05, 0.1) is 6.61 Å². The number of aliphatic hydroxyl groups is 1. The van der Waals surface area contributed by atoms with Gasteiger partial charge in [0.15, 0.2) is 0 Å². The quantitative estimate of drug-likeness (QED) is 0.648. The average Bonchev–Trinajstić information content (AvgIpc) is 2.51. The average molecular weight is 200 g/mol. The van der Waals surface area contributed by atoms with Crippen molar-refractivity contribution in [3.8, 4) is 0 Å². The van der Waals surface area contributed by atoms with Crippen LogP contribution in [0, 0.1) is 5.92 Å². The predicted molar refractivity (Wildman–Crippen MR) is 55.5 cm³/mol. The van der Waals surface area contributed by atoms with Crippen LogP contribution in [-0.4, -0.2) is 55.1 Å². The molecular formula is C10H20N2O2. The lowest BCUT2D eigenvalue weighted by atomic mass is 10.2. The van der Waals surface area contributed by atoms with Gasteiger partial charge in [-0.2, -0.15) is 0 Å². The van der Waals surface area contributed by atoms with Crippen LogP contribution >= 0.6 is 0 Å². The van der Waals surface area contributed by atoms with Crippen molar-refractivity contribution < 1.29 is 9.84 Å². The molecule has 1 aliphatic heterocycles. The molecule has 1 heterocycles. The largest absolute Gasteiger partial charge is 0.351 e. The van der Waals surface area contributed by atoms with Crippen LogP contribution in [0.5, 0.6) is 0 Å². The third-order valence-corrected chi connectivity index (χ3v) is 2.19. The summed E-state index contributed by atoms with van der Waals surface area (Å²) < 4.78 is 5.27. The molecule has 0 fully saturated rings. The molecule has 2 unspecified atom stereocenters. The van der Waals surface area contributed by atoms with Gasteiger partial charge in [-0.05, 0) is 20.0 Å². The Labute approximate surface area is 85.8 Å². The van der Waals surface area contributed by atoms with E-state index in [1.54, 1.807) is 4.90 Å². The highest BCUT2D eigenvalue weighted by Gasteiger charge is 2.18. The number of ether oxygens (including phenoxy) is 1. The molecule has 0 aliphatic carbocycles. The van der Waals surface area contributed by atoms with Gasteiger partial charge in [0, 0.05) is 19.3 Å². The van der Waals surface area contributed by atoms with Crippen LogP contribution in [0.15, 0.2) is 12.3 Å². The van der Waals surface area contributed by atoms with E-state index in [2.05, 4.69) is 13.0 Å². The third kappa shape index (κ3) is 3.65. The van der Waals surface area contributed by atoms with Crippen LogP contribution in [0.1, 0.15) is 6.92 Å². The highest BCUT2D eigenvalue weighted by atomic mass is 16.6. The number of aliphatic hydroxyl groups excluding tert-OH is 1. The first kappa shape index (κ1) is 11.5. The van der Waals surface area contributed by atoms with Gasteiger partial charge in [-0.15, -0.1) is 0 Å². The van der Waals surface area contributed by atoms with E-state index in [4.69, 9.17) is 4.74 Å². The van der Waals surface area contributed by atoms with Gasteiger partial charge >= 0.3 is 0 Å². The van der Waals surface area contributed by atoms with Gasteiger partial charge < -0.3 is 19.6 Å².